The Kier molecular flexibility index (Phi) is 5.57. The fourth-order valence-corrected chi connectivity index (χ4v) is 3.40. The van der Waals surface area contributed by atoms with Crippen LogP contribution in [0.2, 0.25) is 5.02 Å². The number of nitrogens with zero attached hydrogens (tertiary/aromatic N) is 2. The van der Waals surface area contributed by atoms with Gasteiger partial charge in [-0.05, 0) is 50.6 Å². The van der Waals surface area contributed by atoms with Crippen molar-refractivity contribution in [3.05, 3.63) is 74.8 Å². The number of rotatable bonds is 5. The molecule has 0 aliphatic carbocycles. The summed E-state index contributed by atoms with van der Waals surface area (Å²) in [5.41, 5.74) is 1.60. The number of anilines is 1. The van der Waals surface area contributed by atoms with Gasteiger partial charge in [0.1, 0.15) is 5.82 Å². The molecule has 1 heterocycles. The zero-order chi connectivity index (χ0) is 20.6. The molecule has 0 bridgehead atoms. The summed E-state index contributed by atoms with van der Waals surface area (Å²) >= 11 is 5.92. The Hall–Kier alpha value is -2.66. The predicted molar refractivity (Wildman–Crippen MR) is 112 cm³/mol. The first kappa shape index (κ1) is 20.1. The largest absolute Gasteiger partial charge is 0.368 e. The Morgan fingerprint density at radius 1 is 1.21 bits per heavy atom. The van der Waals surface area contributed by atoms with Gasteiger partial charge in [-0.3, -0.25) is 9.59 Å². The lowest BCUT2D eigenvalue weighted by Crippen LogP contribution is -2.21. The van der Waals surface area contributed by atoms with E-state index in [9.17, 15) is 14.0 Å². The maximum absolute atomic E-state index is 14.9. The van der Waals surface area contributed by atoms with Crippen molar-refractivity contribution in [3.63, 3.8) is 0 Å². The Morgan fingerprint density at radius 3 is 2.43 bits per heavy atom. The number of benzene rings is 2. The summed E-state index contributed by atoms with van der Waals surface area (Å²) in [5, 5.41) is 0.855. The highest BCUT2D eigenvalue weighted by molar-refractivity contribution is 6.30. The van der Waals surface area contributed by atoms with E-state index in [1.807, 2.05) is 30.5 Å². The van der Waals surface area contributed by atoms with Gasteiger partial charge in [-0.2, -0.15) is 0 Å². The fourth-order valence-electron chi connectivity index (χ4n) is 3.28. The zero-order valence-corrected chi connectivity index (χ0v) is 17.0. The highest BCUT2D eigenvalue weighted by Crippen LogP contribution is 2.27. The summed E-state index contributed by atoms with van der Waals surface area (Å²) in [6.07, 6.45) is 1.57. The molecule has 0 saturated heterocycles. The number of pyridine rings is 1. The molecular formula is C22H22ClFN2O2. The van der Waals surface area contributed by atoms with Gasteiger partial charge in [0.25, 0.3) is 0 Å². The third-order valence-electron chi connectivity index (χ3n) is 4.78. The van der Waals surface area contributed by atoms with Crippen LogP contribution in [0, 0.1) is 5.82 Å². The second-order valence-corrected chi connectivity index (χ2v) is 7.67. The van der Waals surface area contributed by atoms with Crippen LogP contribution in [0.5, 0.6) is 0 Å². The minimum atomic E-state index is -0.503. The Labute approximate surface area is 168 Å². The first-order valence-corrected chi connectivity index (χ1v) is 9.41. The van der Waals surface area contributed by atoms with E-state index >= 15 is 0 Å². The van der Waals surface area contributed by atoms with E-state index in [0.717, 1.165) is 5.56 Å². The van der Waals surface area contributed by atoms with Crippen LogP contribution in [0.25, 0.3) is 10.9 Å². The number of Topliss-reactive ketones (excluding diaryl/α,β-unsaturated/α-hetero) is 1. The van der Waals surface area contributed by atoms with Crippen molar-refractivity contribution in [2.75, 3.05) is 11.9 Å². The van der Waals surface area contributed by atoms with Crippen molar-refractivity contribution in [2.45, 2.75) is 33.4 Å². The number of carbonyl (C=O) groups is 1. The second-order valence-electron chi connectivity index (χ2n) is 7.23. The molecule has 0 N–H and O–H groups in total. The topological polar surface area (TPSA) is 42.3 Å². The van der Waals surface area contributed by atoms with E-state index < -0.39 is 11.2 Å². The average Bonchev–Trinajstić information content (AvgIpc) is 2.63. The zero-order valence-electron chi connectivity index (χ0n) is 16.3. The lowest BCUT2D eigenvalue weighted by Gasteiger charge is -2.23. The van der Waals surface area contributed by atoms with Crippen LogP contribution in [-0.4, -0.2) is 17.4 Å². The van der Waals surface area contributed by atoms with E-state index in [1.54, 1.807) is 36.3 Å². The second kappa shape index (κ2) is 7.76. The molecule has 0 amide bonds. The molecule has 3 aromatic rings. The van der Waals surface area contributed by atoms with E-state index in [4.69, 9.17) is 11.6 Å². The molecule has 0 spiro atoms. The van der Waals surface area contributed by atoms with Gasteiger partial charge < -0.3 is 9.47 Å². The number of halogens is 2. The first-order chi connectivity index (χ1) is 13.2. The molecule has 0 atom stereocenters. The SMILES string of the molecule is CC(=O)c1cn(C(C)C)c2cc(N(C)Cc3ccc(Cl)cc3)c(F)cc2c1=O. The Balaban J connectivity index is 2.14. The molecule has 146 valence electrons. The van der Waals surface area contributed by atoms with E-state index in [1.165, 1.54) is 13.0 Å². The third kappa shape index (κ3) is 3.80. The highest BCUT2D eigenvalue weighted by atomic mass is 35.5. The van der Waals surface area contributed by atoms with Crippen molar-refractivity contribution in [2.24, 2.45) is 0 Å². The van der Waals surface area contributed by atoms with Gasteiger partial charge >= 0.3 is 0 Å². The minimum absolute atomic E-state index is 0.00100. The van der Waals surface area contributed by atoms with Crippen molar-refractivity contribution in [1.29, 1.82) is 0 Å². The summed E-state index contributed by atoms with van der Waals surface area (Å²) in [7, 11) is 1.79. The van der Waals surface area contributed by atoms with Gasteiger partial charge in [0.2, 0.25) is 0 Å². The van der Waals surface area contributed by atoms with Crippen LogP contribution in [-0.2, 0) is 6.54 Å². The van der Waals surface area contributed by atoms with Crippen molar-refractivity contribution < 1.29 is 9.18 Å². The molecule has 0 fully saturated rings. The quantitative estimate of drug-likeness (QED) is 0.552. The van der Waals surface area contributed by atoms with Gasteiger partial charge in [-0.15, -0.1) is 0 Å². The monoisotopic (exact) mass is 400 g/mol. The van der Waals surface area contributed by atoms with Crippen LogP contribution in [0.4, 0.5) is 10.1 Å². The molecule has 0 aliphatic heterocycles. The average molecular weight is 401 g/mol. The maximum atomic E-state index is 14.9. The van der Waals surface area contributed by atoms with Gasteiger partial charge in [0.05, 0.1) is 16.8 Å². The van der Waals surface area contributed by atoms with E-state index in [0.29, 0.717) is 22.8 Å². The van der Waals surface area contributed by atoms with Crippen molar-refractivity contribution >= 4 is 34.0 Å². The molecule has 28 heavy (non-hydrogen) atoms. The summed E-state index contributed by atoms with van der Waals surface area (Å²) in [6, 6.07) is 10.3. The molecule has 0 radical (unpaired) electrons. The summed E-state index contributed by atoms with van der Waals surface area (Å²) < 4.78 is 16.7. The summed E-state index contributed by atoms with van der Waals surface area (Å²) in [4.78, 5) is 26.3. The standard InChI is InChI=1S/C22H22ClFN2O2/c1-13(2)26-12-18(14(3)27)22(28)17-9-19(24)21(10-20(17)26)25(4)11-15-5-7-16(23)8-6-15/h5-10,12-13H,11H2,1-4H3. The van der Waals surface area contributed by atoms with Crippen molar-refractivity contribution in [1.82, 2.24) is 4.57 Å². The van der Waals surface area contributed by atoms with E-state index in [-0.39, 0.29) is 22.8 Å². The van der Waals surface area contributed by atoms with Crippen molar-refractivity contribution in [3.8, 4) is 0 Å². The van der Waals surface area contributed by atoms with Crippen LogP contribution < -0.4 is 10.3 Å². The molecule has 1 aromatic heterocycles. The van der Waals surface area contributed by atoms with Crippen LogP contribution in [0.1, 0.15) is 42.7 Å². The van der Waals surface area contributed by atoms with E-state index in [2.05, 4.69) is 0 Å². The number of carbonyl (C=O) groups excluding carboxylic acids is 1. The molecule has 0 unspecified atom stereocenters. The highest BCUT2D eigenvalue weighted by Gasteiger charge is 2.18. The maximum Gasteiger partial charge on any atom is 0.200 e. The normalized spacial score (nSPS) is 11.2. The fraction of sp³-hybridized carbons (Fsp3) is 0.273. The predicted octanol–water partition coefficient (Wildman–Crippen LogP) is 5.21. The number of hydrogen-bond donors (Lipinski definition) is 0. The first-order valence-electron chi connectivity index (χ1n) is 9.04. The molecule has 0 saturated carbocycles. The number of hydrogen-bond acceptors (Lipinski definition) is 3. The Bertz CT molecular complexity index is 1100. The molecular weight excluding hydrogens is 379 g/mol. The molecule has 2 aromatic carbocycles. The van der Waals surface area contributed by atoms with Crippen LogP contribution in [0.15, 0.2) is 47.4 Å². The lowest BCUT2D eigenvalue weighted by atomic mass is 10.1. The smallest absolute Gasteiger partial charge is 0.200 e. The summed E-state index contributed by atoms with van der Waals surface area (Å²) in [5.74, 6) is -0.831. The summed E-state index contributed by atoms with van der Waals surface area (Å²) in [6.45, 7) is 5.73. The van der Waals surface area contributed by atoms with Gasteiger partial charge in [-0.1, -0.05) is 23.7 Å². The Morgan fingerprint density at radius 2 is 1.86 bits per heavy atom. The van der Waals surface area contributed by atoms with Crippen LogP contribution >= 0.6 is 11.6 Å². The van der Waals surface area contributed by atoms with Crippen LogP contribution in [0.3, 0.4) is 0 Å². The minimum Gasteiger partial charge on any atom is -0.368 e. The third-order valence-corrected chi connectivity index (χ3v) is 5.03. The lowest BCUT2D eigenvalue weighted by molar-refractivity contribution is 0.101. The molecule has 0 aliphatic rings. The molecule has 4 nitrogen and oxygen atoms in total. The van der Waals surface area contributed by atoms with Gasteiger partial charge in [0.15, 0.2) is 11.2 Å². The molecule has 6 heteroatoms. The molecule has 3 rings (SSSR count). The number of ketones is 1. The van der Waals surface area contributed by atoms with Gasteiger partial charge in [-0.25, -0.2) is 4.39 Å². The number of fused-ring (bicyclic) bond motifs is 1. The number of aromatic nitrogens is 1. The van der Waals surface area contributed by atoms with Gasteiger partial charge in [0, 0.05) is 36.2 Å².